The first-order chi connectivity index (χ1) is 7.15. The van der Waals surface area contributed by atoms with Crippen LogP contribution in [0.2, 0.25) is 0 Å². The minimum Gasteiger partial charge on any atom is -0.468 e. The molecule has 0 spiro atoms. The molecule has 0 saturated heterocycles. The number of nitrogens with two attached hydrogens (primary N) is 1. The highest BCUT2D eigenvalue weighted by Crippen LogP contribution is 2.16. The smallest absolute Gasteiger partial charge is 0.325 e. The Balaban J connectivity index is 2.44. The van der Waals surface area contributed by atoms with Gasteiger partial charge in [-0.1, -0.05) is 6.07 Å². The summed E-state index contributed by atoms with van der Waals surface area (Å²) in [6.45, 7) is -0.158. The van der Waals surface area contributed by atoms with Crippen LogP contribution in [0, 0.1) is 0 Å². The Kier molecular flexibility index (Phi) is 4.26. The first kappa shape index (κ1) is 11.7. The molecule has 3 N–H and O–H groups in total. The third-order valence-corrected chi connectivity index (χ3v) is 2.72. The zero-order chi connectivity index (χ0) is 11.3. The Labute approximate surface area is 91.2 Å². The fourth-order valence-corrected chi connectivity index (χ4v) is 1.66. The molecule has 82 valence electrons. The van der Waals surface area contributed by atoms with Crippen molar-refractivity contribution < 1.29 is 14.3 Å². The minimum atomic E-state index is -0.727. The average molecular weight is 228 g/mol. The van der Waals surface area contributed by atoms with Crippen LogP contribution >= 0.6 is 11.3 Å². The lowest BCUT2D eigenvalue weighted by Gasteiger charge is -2.09. The fourth-order valence-electron chi connectivity index (χ4n) is 0.939. The van der Waals surface area contributed by atoms with Crippen molar-refractivity contribution in [3.63, 3.8) is 0 Å². The monoisotopic (exact) mass is 228 g/mol. The van der Waals surface area contributed by atoms with Gasteiger partial charge in [0, 0.05) is 4.88 Å². The number of nitrogens with one attached hydrogen (secondary N) is 1. The van der Waals surface area contributed by atoms with Gasteiger partial charge in [-0.15, -0.1) is 11.3 Å². The van der Waals surface area contributed by atoms with Gasteiger partial charge in [0.15, 0.2) is 0 Å². The molecule has 0 aromatic carbocycles. The molecule has 0 radical (unpaired) electrons. The van der Waals surface area contributed by atoms with Gasteiger partial charge in [0.2, 0.25) is 5.91 Å². The van der Waals surface area contributed by atoms with Gasteiger partial charge in [-0.3, -0.25) is 9.59 Å². The maximum Gasteiger partial charge on any atom is 0.325 e. The van der Waals surface area contributed by atoms with E-state index < -0.39 is 12.0 Å². The summed E-state index contributed by atoms with van der Waals surface area (Å²) in [5.74, 6) is -0.885. The van der Waals surface area contributed by atoms with Crippen LogP contribution in [0.4, 0.5) is 0 Å². The highest BCUT2D eigenvalue weighted by Gasteiger charge is 2.16. The zero-order valence-electron chi connectivity index (χ0n) is 8.23. The van der Waals surface area contributed by atoms with E-state index in [-0.39, 0.29) is 12.5 Å². The van der Waals surface area contributed by atoms with Crippen molar-refractivity contribution in [2.75, 3.05) is 13.7 Å². The van der Waals surface area contributed by atoms with Gasteiger partial charge in [0.05, 0.1) is 7.11 Å². The molecule has 1 atom stereocenters. The quantitative estimate of drug-likeness (QED) is 0.713. The van der Waals surface area contributed by atoms with E-state index in [1.807, 2.05) is 11.4 Å². The zero-order valence-corrected chi connectivity index (χ0v) is 9.04. The van der Waals surface area contributed by atoms with Gasteiger partial charge in [-0.25, -0.2) is 0 Å². The second kappa shape index (κ2) is 5.47. The summed E-state index contributed by atoms with van der Waals surface area (Å²) in [6, 6.07) is 2.86. The van der Waals surface area contributed by atoms with Crippen molar-refractivity contribution >= 4 is 23.2 Å². The third-order valence-electron chi connectivity index (χ3n) is 1.77. The van der Waals surface area contributed by atoms with E-state index in [2.05, 4.69) is 10.1 Å². The summed E-state index contributed by atoms with van der Waals surface area (Å²) in [4.78, 5) is 22.9. The molecule has 0 saturated carbocycles. The van der Waals surface area contributed by atoms with Crippen molar-refractivity contribution in [2.45, 2.75) is 6.04 Å². The van der Waals surface area contributed by atoms with Crippen LogP contribution in [0.15, 0.2) is 17.5 Å². The van der Waals surface area contributed by atoms with Crippen molar-refractivity contribution in [2.24, 2.45) is 5.73 Å². The molecule has 6 heteroatoms. The van der Waals surface area contributed by atoms with Gasteiger partial charge in [-0.05, 0) is 11.4 Å². The van der Waals surface area contributed by atoms with E-state index in [1.165, 1.54) is 18.4 Å². The van der Waals surface area contributed by atoms with Crippen LogP contribution in [0.5, 0.6) is 0 Å². The topological polar surface area (TPSA) is 81.4 Å². The van der Waals surface area contributed by atoms with E-state index >= 15 is 0 Å². The van der Waals surface area contributed by atoms with Gasteiger partial charge >= 0.3 is 5.97 Å². The fraction of sp³-hybridized carbons (Fsp3) is 0.333. The maximum absolute atomic E-state index is 11.4. The van der Waals surface area contributed by atoms with Crippen molar-refractivity contribution in [1.82, 2.24) is 5.32 Å². The normalized spacial score (nSPS) is 11.9. The molecule has 1 aromatic rings. The molecular weight excluding hydrogens is 216 g/mol. The molecule has 0 bridgehead atoms. The van der Waals surface area contributed by atoms with Crippen LogP contribution in [-0.2, 0) is 14.3 Å². The van der Waals surface area contributed by atoms with Crippen molar-refractivity contribution in [1.29, 1.82) is 0 Å². The van der Waals surface area contributed by atoms with Gasteiger partial charge in [0.25, 0.3) is 0 Å². The Morgan fingerprint density at radius 3 is 2.93 bits per heavy atom. The Bertz CT molecular complexity index is 337. The number of hydrogen-bond donors (Lipinski definition) is 2. The minimum absolute atomic E-state index is 0.158. The highest BCUT2D eigenvalue weighted by molar-refractivity contribution is 7.10. The number of methoxy groups -OCH3 is 1. The summed E-state index contributed by atoms with van der Waals surface area (Å²) in [6.07, 6.45) is 0. The molecule has 0 aliphatic heterocycles. The summed E-state index contributed by atoms with van der Waals surface area (Å²) in [5.41, 5.74) is 5.66. The first-order valence-electron chi connectivity index (χ1n) is 4.28. The van der Waals surface area contributed by atoms with Crippen LogP contribution < -0.4 is 11.1 Å². The summed E-state index contributed by atoms with van der Waals surface area (Å²) in [5, 5.41) is 4.23. The molecule has 0 fully saturated rings. The van der Waals surface area contributed by atoms with Crippen molar-refractivity contribution in [3.05, 3.63) is 22.4 Å². The van der Waals surface area contributed by atoms with Gasteiger partial charge in [-0.2, -0.15) is 0 Å². The van der Waals surface area contributed by atoms with Crippen LogP contribution in [0.3, 0.4) is 0 Å². The Morgan fingerprint density at radius 1 is 1.67 bits per heavy atom. The van der Waals surface area contributed by atoms with E-state index in [9.17, 15) is 9.59 Å². The number of carbonyl (C=O) groups excluding carboxylic acids is 2. The number of thiophene rings is 1. The molecule has 1 heterocycles. The Hall–Kier alpha value is -1.40. The summed E-state index contributed by atoms with van der Waals surface area (Å²) in [7, 11) is 1.26. The molecule has 15 heavy (non-hydrogen) atoms. The lowest BCUT2D eigenvalue weighted by Crippen LogP contribution is -2.37. The molecular formula is C9H12N2O3S. The third kappa shape index (κ3) is 3.34. The van der Waals surface area contributed by atoms with E-state index in [0.29, 0.717) is 0 Å². The SMILES string of the molecule is COC(=O)CNC(=O)C(N)c1cccs1. The molecule has 1 rings (SSSR count). The molecule has 5 nitrogen and oxygen atoms in total. The van der Waals surface area contributed by atoms with E-state index in [0.717, 1.165) is 4.88 Å². The molecule has 1 unspecified atom stereocenters. The second-order valence-corrected chi connectivity index (χ2v) is 3.77. The predicted octanol–water partition coefficient (Wildman–Crippen LogP) is 0.0371. The molecule has 1 amide bonds. The van der Waals surface area contributed by atoms with Crippen LogP contribution in [-0.4, -0.2) is 25.5 Å². The maximum atomic E-state index is 11.4. The second-order valence-electron chi connectivity index (χ2n) is 2.79. The number of esters is 1. The van der Waals surface area contributed by atoms with Crippen LogP contribution in [0.25, 0.3) is 0 Å². The number of hydrogen-bond acceptors (Lipinski definition) is 5. The number of rotatable bonds is 4. The summed E-state index contributed by atoms with van der Waals surface area (Å²) < 4.78 is 4.38. The molecule has 0 aliphatic carbocycles. The summed E-state index contributed by atoms with van der Waals surface area (Å²) >= 11 is 1.40. The van der Waals surface area contributed by atoms with Crippen LogP contribution in [0.1, 0.15) is 10.9 Å². The van der Waals surface area contributed by atoms with Gasteiger partial charge in [0.1, 0.15) is 12.6 Å². The predicted molar refractivity (Wildman–Crippen MR) is 56.3 cm³/mol. The largest absolute Gasteiger partial charge is 0.468 e. The highest BCUT2D eigenvalue weighted by atomic mass is 32.1. The lowest BCUT2D eigenvalue weighted by atomic mass is 10.2. The molecule has 1 aromatic heterocycles. The lowest BCUT2D eigenvalue weighted by molar-refractivity contribution is -0.141. The first-order valence-corrected chi connectivity index (χ1v) is 5.16. The number of ether oxygens (including phenoxy) is 1. The standard InChI is InChI=1S/C9H12N2O3S/c1-14-7(12)5-11-9(13)8(10)6-3-2-4-15-6/h2-4,8H,5,10H2,1H3,(H,11,13). The molecule has 0 aliphatic rings. The Morgan fingerprint density at radius 2 is 2.40 bits per heavy atom. The number of carbonyl (C=O) groups is 2. The average Bonchev–Trinajstić information content (AvgIpc) is 2.77. The van der Waals surface area contributed by atoms with E-state index in [4.69, 9.17) is 5.73 Å². The number of amides is 1. The van der Waals surface area contributed by atoms with Gasteiger partial charge < -0.3 is 15.8 Å². The van der Waals surface area contributed by atoms with E-state index in [1.54, 1.807) is 6.07 Å². The van der Waals surface area contributed by atoms with Crippen molar-refractivity contribution in [3.8, 4) is 0 Å².